The molecule has 0 aliphatic heterocycles. The Hall–Kier alpha value is -1.06. The topological polar surface area (TPSA) is 30.5 Å². The van der Waals surface area contributed by atoms with E-state index in [1.54, 1.807) is 7.11 Å². The Morgan fingerprint density at radius 1 is 1.11 bits per heavy atom. The standard InChI is InChI=1S/C16H27NO2/c1-4-6-14-7-9-15(10-8-14)19-16(13-18-3)12-17-11-5-2/h7-10,16-17H,4-6,11-13H2,1-3H3. The first kappa shape index (κ1) is 16.0. The highest BCUT2D eigenvalue weighted by Gasteiger charge is 2.09. The lowest BCUT2D eigenvalue weighted by molar-refractivity contribution is 0.0807. The Kier molecular flexibility index (Phi) is 8.26. The third-order valence-electron chi connectivity index (χ3n) is 2.92. The van der Waals surface area contributed by atoms with Gasteiger partial charge < -0.3 is 14.8 Å². The molecular weight excluding hydrogens is 238 g/mol. The van der Waals surface area contributed by atoms with Gasteiger partial charge in [-0.2, -0.15) is 0 Å². The van der Waals surface area contributed by atoms with Crippen LogP contribution in [0.15, 0.2) is 24.3 Å². The zero-order valence-corrected chi connectivity index (χ0v) is 12.4. The molecule has 0 fully saturated rings. The average molecular weight is 265 g/mol. The van der Waals surface area contributed by atoms with Crippen LogP contribution in [-0.2, 0) is 11.2 Å². The van der Waals surface area contributed by atoms with E-state index >= 15 is 0 Å². The van der Waals surface area contributed by atoms with Gasteiger partial charge >= 0.3 is 0 Å². The van der Waals surface area contributed by atoms with E-state index in [4.69, 9.17) is 9.47 Å². The minimum Gasteiger partial charge on any atom is -0.487 e. The highest BCUT2D eigenvalue weighted by atomic mass is 16.5. The summed E-state index contributed by atoms with van der Waals surface area (Å²) in [5.74, 6) is 0.917. The SMILES string of the molecule is CCCNCC(COC)Oc1ccc(CCC)cc1. The second-order valence-electron chi connectivity index (χ2n) is 4.79. The zero-order chi connectivity index (χ0) is 13.9. The summed E-state index contributed by atoms with van der Waals surface area (Å²) in [7, 11) is 1.71. The summed E-state index contributed by atoms with van der Waals surface area (Å²) in [5.41, 5.74) is 1.36. The van der Waals surface area contributed by atoms with Crippen molar-refractivity contribution >= 4 is 0 Å². The summed E-state index contributed by atoms with van der Waals surface area (Å²) in [6.45, 7) is 6.79. The molecule has 0 radical (unpaired) electrons. The summed E-state index contributed by atoms with van der Waals surface area (Å²) in [4.78, 5) is 0. The summed E-state index contributed by atoms with van der Waals surface area (Å²) >= 11 is 0. The normalized spacial score (nSPS) is 12.4. The van der Waals surface area contributed by atoms with E-state index in [-0.39, 0.29) is 6.10 Å². The second kappa shape index (κ2) is 9.82. The maximum absolute atomic E-state index is 5.95. The van der Waals surface area contributed by atoms with Gasteiger partial charge in [0.25, 0.3) is 0 Å². The molecule has 0 spiro atoms. The van der Waals surface area contributed by atoms with Crippen LogP contribution >= 0.6 is 0 Å². The molecule has 0 saturated heterocycles. The number of nitrogens with one attached hydrogen (secondary N) is 1. The number of methoxy groups -OCH3 is 1. The Morgan fingerprint density at radius 3 is 2.42 bits per heavy atom. The van der Waals surface area contributed by atoms with Crippen LogP contribution in [0.3, 0.4) is 0 Å². The van der Waals surface area contributed by atoms with Gasteiger partial charge in [0, 0.05) is 13.7 Å². The van der Waals surface area contributed by atoms with E-state index in [0.29, 0.717) is 6.61 Å². The molecule has 3 nitrogen and oxygen atoms in total. The van der Waals surface area contributed by atoms with Crippen molar-refractivity contribution in [1.29, 1.82) is 0 Å². The molecule has 0 aromatic heterocycles. The lowest BCUT2D eigenvalue weighted by Crippen LogP contribution is -2.35. The van der Waals surface area contributed by atoms with E-state index in [1.807, 2.05) is 12.1 Å². The summed E-state index contributed by atoms with van der Waals surface area (Å²) in [6.07, 6.45) is 3.49. The van der Waals surface area contributed by atoms with Crippen molar-refractivity contribution in [3.8, 4) is 5.75 Å². The Morgan fingerprint density at radius 2 is 1.84 bits per heavy atom. The van der Waals surface area contributed by atoms with Crippen molar-refractivity contribution in [2.24, 2.45) is 0 Å². The summed E-state index contributed by atoms with van der Waals surface area (Å²) in [6, 6.07) is 8.38. The second-order valence-corrected chi connectivity index (χ2v) is 4.79. The molecule has 1 rings (SSSR count). The van der Waals surface area contributed by atoms with Gasteiger partial charge in [0.15, 0.2) is 0 Å². The molecule has 0 heterocycles. The predicted octanol–water partition coefficient (Wildman–Crippen LogP) is 3.03. The average Bonchev–Trinajstić information content (AvgIpc) is 2.42. The van der Waals surface area contributed by atoms with Gasteiger partial charge in [0.2, 0.25) is 0 Å². The van der Waals surface area contributed by atoms with Gasteiger partial charge in [-0.05, 0) is 37.1 Å². The van der Waals surface area contributed by atoms with Gasteiger partial charge in [-0.3, -0.25) is 0 Å². The van der Waals surface area contributed by atoms with Crippen LogP contribution in [0, 0.1) is 0 Å². The minimum atomic E-state index is 0.0635. The molecule has 108 valence electrons. The van der Waals surface area contributed by atoms with Crippen LogP contribution in [0.25, 0.3) is 0 Å². The van der Waals surface area contributed by atoms with Gasteiger partial charge in [-0.15, -0.1) is 0 Å². The predicted molar refractivity (Wildman–Crippen MR) is 79.9 cm³/mol. The van der Waals surface area contributed by atoms with Crippen LogP contribution in [0.2, 0.25) is 0 Å². The number of ether oxygens (including phenoxy) is 2. The molecular formula is C16H27NO2. The third-order valence-corrected chi connectivity index (χ3v) is 2.92. The molecule has 0 aliphatic rings. The van der Waals surface area contributed by atoms with Crippen molar-refractivity contribution in [3.63, 3.8) is 0 Å². The van der Waals surface area contributed by atoms with Gasteiger partial charge in [-0.25, -0.2) is 0 Å². The first-order valence-corrected chi connectivity index (χ1v) is 7.25. The van der Waals surface area contributed by atoms with Crippen molar-refractivity contribution in [2.75, 3.05) is 26.8 Å². The van der Waals surface area contributed by atoms with Gasteiger partial charge in [0.05, 0.1) is 6.61 Å². The quantitative estimate of drug-likeness (QED) is 0.660. The largest absolute Gasteiger partial charge is 0.487 e. The lowest BCUT2D eigenvalue weighted by Gasteiger charge is -2.19. The zero-order valence-electron chi connectivity index (χ0n) is 12.4. The van der Waals surface area contributed by atoms with Crippen molar-refractivity contribution in [3.05, 3.63) is 29.8 Å². The van der Waals surface area contributed by atoms with E-state index in [9.17, 15) is 0 Å². The monoisotopic (exact) mass is 265 g/mol. The van der Waals surface area contributed by atoms with Crippen molar-refractivity contribution in [2.45, 2.75) is 39.2 Å². The van der Waals surface area contributed by atoms with Gasteiger partial charge in [-0.1, -0.05) is 32.4 Å². The minimum absolute atomic E-state index is 0.0635. The molecule has 0 amide bonds. The van der Waals surface area contributed by atoms with Crippen LogP contribution in [0.1, 0.15) is 32.3 Å². The Balaban J connectivity index is 2.47. The Bertz CT molecular complexity index is 324. The molecule has 3 heteroatoms. The number of rotatable bonds is 10. The highest BCUT2D eigenvalue weighted by Crippen LogP contribution is 2.15. The van der Waals surface area contributed by atoms with Crippen LogP contribution in [-0.4, -0.2) is 32.9 Å². The van der Waals surface area contributed by atoms with Crippen LogP contribution in [0.4, 0.5) is 0 Å². The maximum atomic E-state index is 5.95. The number of aryl methyl sites for hydroxylation is 1. The molecule has 1 aromatic carbocycles. The summed E-state index contributed by atoms with van der Waals surface area (Å²) < 4.78 is 11.2. The van der Waals surface area contributed by atoms with E-state index in [2.05, 4.69) is 31.3 Å². The summed E-state index contributed by atoms with van der Waals surface area (Å²) in [5, 5.41) is 3.37. The molecule has 1 N–H and O–H groups in total. The van der Waals surface area contributed by atoms with E-state index < -0.39 is 0 Å². The fourth-order valence-corrected chi connectivity index (χ4v) is 1.98. The fourth-order valence-electron chi connectivity index (χ4n) is 1.98. The first-order chi connectivity index (χ1) is 9.30. The molecule has 0 saturated carbocycles. The van der Waals surface area contributed by atoms with Gasteiger partial charge in [0.1, 0.15) is 11.9 Å². The molecule has 0 bridgehead atoms. The fraction of sp³-hybridized carbons (Fsp3) is 0.625. The number of benzene rings is 1. The Labute approximate surface area is 117 Å². The maximum Gasteiger partial charge on any atom is 0.134 e. The smallest absolute Gasteiger partial charge is 0.134 e. The number of hydrogen-bond donors (Lipinski definition) is 1. The molecule has 0 aliphatic carbocycles. The van der Waals surface area contributed by atoms with Crippen molar-refractivity contribution < 1.29 is 9.47 Å². The van der Waals surface area contributed by atoms with Crippen LogP contribution in [0.5, 0.6) is 5.75 Å². The number of hydrogen-bond acceptors (Lipinski definition) is 3. The van der Waals surface area contributed by atoms with Crippen LogP contribution < -0.4 is 10.1 Å². The molecule has 19 heavy (non-hydrogen) atoms. The molecule has 1 aromatic rings. The molecule has 1 unspecified atom stereocenters. The lowest BCUT2D eigenvalue weighted by atomic mass is 10.1. The highest BCUT2D eigenvalue weighted by molar-refractivity contribution is 5.27. The first-order valence-electron chi connectivity index (χ1n) is 7.25. The molecule has 1 atom stereocenters. The van der Waals surface area contributed by atoms with E-state index in [0.717, 1.165) is 31.7 Å². The third kappa shape index (κ3) is 6.60. The van der Waals surface area contributed by atoms with Crippen molar-refractivity contribution in [1.82, 2.24) is 5.32 Å². The van der Waals surface area contributed by atoms with E-state index in [1.165, 1.54) is 12.0 Å².